The summed E-state index contributed by atoms with van der Waals surface area (Å²) in [6.07, 6.45) is 4.46. The number of esters is 1. The standard InChI is InChI=1S/C26H39NO5S/c1-15-8-7-9-16(2)25(30)19(5)26(31)18(4)22(28)13-24(29)32-23(11-10-15)17(3)12-21-14-33-20(6)27-21/h10,12,14,16,18-19,22-23,25,28,30H,7-9,11,13H2,1-6H3/b15-10-,17-12+/t16-,18+,19+,22-,23-,25-/m0/s1. The monoisotopic (exact) mass is 477 g/mol. The molecule has 1 aliphatic heterocycles. The number of ketones is 1. The average molecular weight is 478 g/mol. The number of hydrogen-bond acceptors (Lipinski definition) is 7. The lowest BCUT2D eigenvalue weighted by Crippen LogP contribution is -2.39. The van der Waals surface area contributed by atoms with Crippen LogP contribution < -0.4 is 0 Å². The minimum atomic E-state index is -1.16. The predicted octanol–water partition coefficient (Wildman–Crippen LogP) is 4.88. The number of aliphatic hydroxyl groups is 2. The van der Waals surface area contributed by atoms with Crippen LogP contribution in [-0.4, -0.2) is 45.3 Å². The van der Waals surface area contributed by atoms with E-state index in [2.05, 4.69) is 18.0 Å². The zero-order chi connectivity index (χ0) is 24.7. The van der Waals surface area contributed by atoms with Gasteiger partial charge in [0.25, 0.3) is 0 Å². The van der Waals surface area contributed by atoms with Crippen molar-refractivity contribution in [2.75, 3.05) is 0 Å². The van der Waals surface area contributed by atoms with Crippen LogP contribution in [0.15, 0.2) is 22.6 Å². The summed E-state index contributed by atoms with van der Waals surface area (Å²) in [6.45, 7) is 11.2. The number of aliphatic hydroxyl groups excluding tert-OH is 2. The van der Waals surface area contributed by atoms with Crippen molar-refractivity contribution in [2.24, 2.45) is 17.8 Å². The molecule has 184 valence electrons. The number of aryl methyl sites for hydroxylation is 1. The molecule has 0 saturated carbocycles. The van der Waals surface area contributed by atoms with Crippen LogP contribution in [0.5, 0.6) is 0 Å². The van der Waals surface area contributed by atoms with Crippen LogP contribution in [0, 0.1) is 24.7 Å². The molecule has 2 N–H and O–H groups in total. The highest BCUT2D eigenvalue weighted by atomic mass is 32.1. The average Bonchev–Trinajstić information content (AvgIpc) is 3.17. The van der Waals surface area contributed by atoms with E-state index in [1.807, 2.05) is 32.2 Å². The van der Waals surface area contributed by atoms with Gasteiger partial charge in [-0.15, -0.1) is 11.3 Å². The van der Waals surface area contributed by atoms with Crippen molar-refractivity contribution in [3.05, 3.63) is 33.3 Å². The Morgan fingerprint density at radius 3 is 2.52 bits per heavy atom. The molecule has 0 unspecified atom stereocenters. The molecule has 6 atom stereocenters. The van der Waals surface area contributed by atoms with E-state index < -0.39 is 36.1 Å². The minimum absolute atomic E-state index is 0.0292. The highest BCUT2D eigenvalue weighted by Crippen LogP contribution is 2.26. The van der Waals surface area contributed by atoms with Crippen LogP contribution in [0.1, 0.15) is 77.4 Å². The van der Waals surface area contributed by atoms with Crippen LogP contribution in [-0.2, 0) is 14.3 Å². The van der Waals surface area contributed by atoms with Gasteiger partial charge < -0.3 is 14.9 Å². The van der Waals surface area contributed by atoms with Crippen LogP contribution in [0.2, 0.25) is 0 Å². The van der Waals surface area contributed by atoms with Crippen molar-refractivity contribution in [3.63, 3.8) is 0 Å². The van der Waals surface area contributed by atoms with E-state index in [0.29, 0.717) is 6.42 Å². The van der Waals surface area contributed by atoms with E-state index >= 15 is 0 Å². The van der Waals surface area contributed by atoms with Gasteiger partial charge in [-0.3, -0.25) is 9.59 Å². The maximum Gasteiger partial charge on any atom is 0.309 e. The Hall–Kier alpha value is -1.83. The highest BCUT2D eigenvalue weighted by molar-refractivity contribution is 7.09. The van der Waals surface area contributed by atoms with Crippen LogP contribution >= 0.6 is 11.3 Å². The molecule has 0 radical (unpaired) electrons. The Labute approximate surface area is 201 Å². The molecule has 2 heterocycles. The number of nitrogens with zero attached hydrogens (tertiary/aromatic N) is 1. The first kappa shape index (κ1) is 27.4. The quantitative estimate of drug-likeness (QED) is 0.466. The smallest absolute Gasteiger partial charge is 0.309 e. The van der Waals surface area contributed by atoms with Crippen molar-refractivity contribution in [1.82, 2.24) is 4.98 Å². The van der Waals surface area contributed by atoms with Crippen molar-refractivity contribution in [2.45, 2.75) is 92.0 Å². The lowest BCUT2D eigenvalue weighted by atomic mass is 9.81. The fraction of sp³-hybridized carbons (Fsp3) is 0.654. The molecule has 0 aliphatic carbocycles. The second-order valence-corrected chi connectivity index (χ2v) is 10.6. The SMILES string of the molecule is C/C1=C/C[C@@H](/C(C)=C/c2csc(C)n2)OC(=O)C[C@H](O)[C@@H](C)C(=O)[C@H](C)[C@@H](O)[C@@H](C)CCC1. The number of carbonyl (C=O) groups excluding carboxylic acids is 2. The Bertz CT molecular complexity index is 874. The third kappa shape index (κ3) is 8.16. The molecule has 6 nitrogen and oxygen atoms in total. The number of Topliss-reactive ketones (excluding diaryl/α,β-unsaturated/α-hetero) is 1. The Kier molecular flexibility index (Phi) is 10.5. The number of thiazole rings is 1. The van der Waals surface area contributed by atoms with E-state index in [1.165, 1.54) is 5.57 Å². The molecule has 0 fully saturated rings. The van der Waals surface area contributed by atoms with Crippen LogP contribution in [0.4, 0.5) is 0 Å². The summed E-state index contributed by atoms with van der Waals surface area (Å²) in [5.41, 5.74) is 2.90. The summed E-state index contributed by atoms with van der Waals surface area (Å²) in [5, 5.41) is 24.1. The first-order valence-electron chi connectivity index (χ1n) is 11.8. The second-order valence-electron chi connectivity index (χ2n) is 9.56. The fourth-order valence-corrected chi connectivity index (χ4v) is 4.77. The second kappa shape index (κ2) is 12.6. The van der Waals surface area contributed by atoms with Gasteiger partial charge in [0, 0.05) is 23.6 Å². The third-order valence-electron chi connectivity index (χ3n) is 6.65. The van der Waals surface area contributed by atoms with Crippen molar-refractivity contribution in [3.8, 4) is 0 Å². The largest absolute Gasteiger partial charge is 0.457 e. The molecule has 0 spiro atoms. The van der Waals surface area contributed by atoms with Gasteiger partial charge in [0.1, 0.15) is 11.9 Å². The van der Waals surface area contributed by atoms with E-state index in [4.69, 9.17) is 4.74 Å². The van der Waals surface area contributed by atoms with Crippen molar-refractivity contribution in [1.29, 1.82) is 0 Å². The summed E-state index contributed by atoms with van der Waals surface area (Å²) >= 11 is 1.56. The number of allylic oxidation sites excluding steroid dienone is 1. The van der Waals surface area contributed by atoms with Crippen LogP contribution in [0.3, 0.4) is 0 Å². The number of rotatable bonds is 2. The minimum Gasteiger partial charge on any atom is -0.457 e. The topological polar surface area (TPSA) is 96.7 Å². The first-order chi connectivity index (χ1) is 15.5. The van der Waals surface area contributed by atoms with E-state index in [0.717, 1.165) is 35.5 Å². The molecule has 1 aromatic rings. The molecule has 1 aromatic heterocycles. The van der Waals surface area contributed by atoms with E-state index in [1.54, 1.807) is 25.2 Å². The van der Waals surface area contributed by atoms with Gasteiger partial charge in [-0.2, -0.15) is 0 Å². The molecule has 7 heteroatoms. The number of cyclic esters (lactones) is 1. The third-order valence-corrected chi connectivity index (χ3v) is 7.44. The summed E-state index contributed by atoms with van der Waals surface area (Å²) in [5.74, 6) is -2.18. The van der Waals surface area contributed by atoms with Crippen molar-refractivity contribution < 1.29 is 24.5 Å². The molecular formula is C26H39NO5S. The first-order valence-corrected chi connectivity index (χ1v) is 12.7. The maximum atomic E-state index is 12.8. The lowest BCUT2D eigenvalue weighted by molar-refractivity contribution is -0.151. The van der Waals surface area contributed by atoms with E-state index in [9.17, 15) is 19.8 Å². The number of carbonyl (C=O) groups is 2. The normalized spacial score (nSPS) is 33.3. The van der Waals surface area contributed by atoms with E-state index in [-0.39, 0.29) is 18.1 Å². The van der Waals surface area contributed by atoms with Crippen LogP contribution in [0.25, 0.3) is 6.08 Å². The summed E-state index contributed by atoms with van der Waals surface area (Å²) in [4.78, 5) is 30.0. The molecule has 0 bridgehead atoms. The Morgan fingerprint density at radius 2 is 1.88 bits per heavy atom. The molecule has 0 saturated heterocycles. The zero-order valence-corrected chi connectivity index (χ0v) is 21.5. The fourth-order valence-electron chi connectivity index (χ4n) is 4.20. The van der Waals surface area contributed by atoms with Gasteiger partial charge in [-0.05, 0) is 57.6 Å². The molecule has 33 heavy (non-hydrogen) atoms. The zero-order valence-electron chi connectivity index (χ0n) is 20.7. The maximum absolute atomic E-state index is 12.8. The van der Waals surface area contributed by atoms with Gasteiger partial charge in [0.15, 0.2) is 0 Å². The molecule has 0 aromatic carbocycles. The predicted molar refractivity (Wildman–Crippen MR) is 132 cm³/mol. The summed E-state index contributed by atoms with van der Waals surface area (Å²) in [7, 11) is 0. The molecule has 1 aliphatic rings. The Balaban J connectivity index is 2.27. The van der Waals surface area contributed by atoms with Gasteiger partial charge in [-0.1, -0.05) is 32.4 Å². The lowest BCUT2D eigenvalue weighted by Gasteiger charge is -2.28. The van der Waals surface area contributed by atoms with Gasteiger partial charge in [0.2, 0.25) is 0 Å². The molecule has 2 rings (SSSR count). The number of hydrogen-bond donors (Lipinski definition) is 2. The number of ether oxygens (including phenoxy) is 1. The van der Waals surface area contributed by atoms with Gasteiger partial charge in [-0.25, -0.2) is 4.98 Å². The summed E-state index contributed by atoms with van der Waals surface area (Å²) < 4.78 is 5.76. The van der Waals surface area contributed by atoms with Gasteiger partial charge in [0.05, 0.1) is 29.3 Å². The summed E-state index contributed by atoms with van der Waals surface area (Å²) in [6, 6.07) is 0. The molecular weight excluding hydrogens is 438 g/mol. The Morgan fingerprint density at radius 1 is 1.18 bits per heavy atom. The number of aromatic nitrogens is 1. The van der Waals surface area contributed by atoms with Gasteiger partial charge >= 0.3 is 5.97 Å². The highest BCUT2D eigenvalue weighted by Gasteiger charge is 2.34. The van der Waals surface area contributed by atoms with Crippen molar-refractivity contribution >= 4 is 29.2 Å². The molecule has 0 amide bonds.